The lowest BCUT2D eigenvalue weighted by molar-refractivity contribution is -0.119. The van der Waals surface area contributed by atoms with Crippen molar-refractivity contribution in [2.24, 2.45) is 5.10 Å². The molecule has 2 N–H and O–H groups in total. The number of nitrogens with one attached hydrogen (secondary N) is 2. The van der Waals surface area contributed by atoms with Gasteiger partial charge in [-0.15, -0.1) is 21.9 Å². The van der Waals surface area contributed by atoms with Crippen LogP contribution >= 0.6 is 23.5 Å². The second kappa shape index (κ2) is 10.5. The van der Waals surface area contributed by atoms with Crippen LogP contribution in [0.1, 0.15) is 24.5 Å². The molecule has 2 aromatic carbocycles. The summed E-state index contributed by atoms with van der Waals surface area (Å²) in [7, 11) is 0. The number of benzene rings is 2. The number of carbonyl (C=O) groups excluding carboxylic acids is 1. The zero-order valence-electron chi connectivity index (χ0n) is 19.9. The molecule has 0 saturated heterocycles. The minimum Gasteiger partial charge on any atom is -0.320 e. The number of carbonyl (C=O) groups is 1. The average Bonchev–Trinajstić information content (AvgIpc) is 3.21. The van der Waals surface area contributed by atoms with E-state index in [9.17, 15) is 4.79 Å². The second-order valence-electron chi connectivity index (χ2n) is 8.23. The molecule has 2 aromatic heterocycles. The Hall–Kier alpha value is -3.63. The molecule has 36 heavy (non-hydrogen) atoms. The number of hydrogen-bond donors (Lipinski definition) is 2. The molecular formula is C26H25N7OS2. The van der Waals surface area contributed by atoms with E-state index < -0.39 is 5.25 Å². The fraction of sp³-hybridized carbons (Fsp3) is 0.192. The topological polar surface area (TPSA) is 97.1 Å². The van der Waals surface area contributed by atoms with Crippen molar-refractivity contribution in [2.45, 2.75) is 37.2 Å². The molecule has 4 aromatic rings. The summed E-state index contributed by atoms with van der Waals surface area (Å²) in [6.07, 6.45) is 2.43. The van der Waals surface area contributed by atoms with Gasteiger partial charge < -0.3 is 9.88 Å². The van der Waals surface area contributed by atoms with Crippen LogP contribution in [0.15, 0.2) is 76.9 Å². The highest BCUT2D eigenvalue weighted by molar-refractivity contribution is 8.16. The monoisotopic (exact) mass is 515 g/mol. The number of hydrogen-bond acceptors (Lipinski definition) is 8. The number of amides is 1. The standard InChI is InChI=1S/C26H25N7OS2/c1-4-14-33-20-9-7-6-8-18(20)22-23(33)27-26(32-30-22)36-21(5-2)24(34)28-25-31-29-19(15-35-25)17-12-10-16(3)11-13-17/h4,6-13,15,21,29H,1,5,14H2,2-3H3,(H,28,31,34). The van der Waals surface area contributed by atoms with Gasteiger partial charge in [0.05, 0.1) is 16.5 Å². The summed E-state index contributed by atoms with van der Waals surface area (Å²) >= 11 is 2.67. The van der Waals surface area contributed by atoms with Gasteiger partial charge in [-0.05, 0) is 19.4 Å². The highest BCUT2D eigenvalue weighted by atomic mass is 32.2. The van der Waals surface area contributed by atoms with Gasteiger partial charge in [0.25, 0.3) is 0 Å². The summed E-state index contributed by atoms with van der Waals surface area (Å²) in [4.78, 5) is 17.8. The molecule has 0 radical (unpaired) electrons. The molecule has 10 heteroatoms. The number of hydrazone groups is 1. The van der Waals surface area contributed by atoms with E-state index in [2.05, 4.69) is 56.2 Å². The molecule has 182 valence electrons. The number of rotatable bonds is 7. The van der Waals surface area contributed by atoms with Gasteiger partial charge in [0.15, 0.2) is 10.8 Å². The van der Waals surface area contributed by atoms with Crippen LogP contribution in [0.3, 0.4) is 0 Å². The maximum Gasteiger partial charge on any atom is 0.239 e. The molecule has 0 bridgehead atoms. The summed E-state index contributed by atoms with van der Waals surface area (Å²) in [5, 5.41) is 19.5. The van der Waals surface area contributed by atoms with Gasteiger partial charge in [0, 0.05) is 22.9 Å². The summed E-state index contributed by atoms with van der Waals surface area (Å²) in [6.45, 7) is 8.49. The maximum atomic E-state index is 13.0. The average molecular weight is 516 g/mol. The van der Waals surface area contributed by atoms with Gasteiger partial charge in [0.1, 0.15) is 5.52 Å². The molecule has 3 heterocycles. The Morgan fingerprint density at radius 3 is 2.75 bits per heavy atom. The molecule has 8 nitrogen and oxygen atoms in total. The number of amidine groups is 1. The molecule has 0 aliphatic carbocycles. The van der Waals surface area contributed by atoms with E-state index in [0.717, 1.165) is 33.3 Å². The Morgan fingerprint density at radius 1 is 1.22 bits per heavy atom. The lowest BCUT2D eigenvalue weighted by Crippen LogP contribution is -2.37. The van der Waals surface area contributed by atoms with Crippen molar-refractivity contribution in [1.29, 1.82) is 0 Å². The van der Waals surface area contributed by atoms with Crippen molar-refractivity contribution < 1.29 is 4.79 Å². The molecular weight excluding hydrogens is 490 g/mol. The van der Waals surface area contributed by atoms with Crippen LogP contribution in [-0.4, -0.2) is 36.1 Å². The molecule has 0 fully saturated rings. The number of allylic oxidation sites excluding steroid dienone is 1. The first-order chi connectivity index (χ1) is 17.6. The Morgan fingerprint density at radius 2 is 2.03 bits per heavy atom. The third-order valence-corrected chi connectivity index (χ3v) is 7.72. The van der Waals surface area contributed by atoms with Crippen LogP contribution in [0.4, 0.5) is 0 Å². The van der Waals surface area contributed by atoms with Crippen LogP contribution in [0.5, 0.6) is 0 Å². The number of thioether (sulfide) groups is 2. The van der Waals surface area contributed by atoms with E-state index in [0.29, 0.717) is 23.3 Å². The summed E-state index contributed by atoms with van der Waals surface area (Å²) < 4.78 is 2.06. The highest BCUT2D eigenvalue weighted by Crippen LogP contribution is 2.29. The normalized spacial score (nSPS) is 14.2. The van der Waals surface area contributed by atoms with Crippen molar-refractivity contribution in [3.63, 3.8) is 0 Å². The van der Waals surface area contributed by atoms with E-state index in [1.165, 1.54) is 29.1 Å². The fourth-order valence-corrected chi connectivity index (χ4v) is 5.38. The molecule has 1 amide bonds. The van der Waals surface area contributed by atoms with Gasteiger partial charge in [0.2, 0.25) is 11.1 Å². The van der Waals surface area contributed by atoms with Crippen LogP contribution in [0, 0.1) is 6.92 Å². The molecule has 0 spiro atoms. The van der Waals surface area contributed by atoms with Crippen molar-refractivity contribution >= 4 is 62.4 Å². The van der Waals surface area contributed by atoms with Gasteiger partial charge in [-0.2, -0.15) is 0 Å². The molecule has 1 aliphatic heterocycles. The van der Waals surface area contributed by atoms with Crippen LogP contribution < -0.4 is 10.7 Å². The maximum absolute atomic E-state index is 13.0. The van der Waals surface area contributed by atoms with E-state index in [-0.39, 0.29) is 5.91 Å². The van der Waals surface area contributed by atoms with E-state index in [1.54, 1.807) is 0 Å². The predicted octanol–water partition coefficient (Wildman–Crippen LogP) is 5.07. The fourth-order valence-electron chi connectivity index (χ4n) is 3.89. The number of aromatic nitrogens is 4. The Balaban J connectivity index is 1.29. The van der Waals surface area contributed by atoms with E-state index >= 15 is 0 Å². The molecule has 1 aliphatic rings. The van der Waals surface area contributed by atoms with Gasteiger partial charge in [-0.3, -0.25) is 10.2 Å². The zero-order valence-corrected chi connectivity index (χ0v) is 21.6. The SMILES string of the molecule is C=CCn1c2ccccc2c2nnc(SC(CC)C(=O)NC3=NNC(c4ccc(C)cc4)=CS3)nc21. The van der Waals surface area contributed by atoms with E-state index in [4.69, 9.17) is 4.98 Å². The smallest absolute Gasteiger partial charge is 0.239 e. The second-order valence-corrected chi connectivity index (χ2v) is 10.3. The summed E-state index contributed by atoms with van der Waals surface area (Å²) in [5.41, 5.74) is 8.65. The quantitative estimate of drug-likeness (QED) is 0.262. The predicted molar refractivity (Wildman–Crippen MR) is 148 cm³/mol. The van der Waals surface area contributed by atoms with Crippen LogP contribution in [0.2, 0.25) is 0 Å². The first-order valence-corrected chi connectivity index (χ1v) is 13.3. The van der Waals surface area contributed by atoms with Crippen molar-refractivity contribution in [1.82, 2.24) is 30.5 Å². The third-order valence-electron chi connectivity index (χ3n) is 5.74. The molecule has 0 saturated carbocycles. The molecule has 1 unspecified atom stereocenters. The van der Waals surface area contributed by atoms with Crippen molar-refractivity contribution in [2.75, 3.05) is 0 Å². The van der Waals surface area contributed by atoms with Crippen LogP contribution in [0.25, 0.3) is 27.8 Å². The third kappa shape index (κ3) is 4.87. The molecule has 5 rings (SSSR count). The first kappa shape index (κ1) is 24.1. The van der Waals surface area contributed by atoms with Gasteiger partial charge in [-0.1, -0.05) is 84.6 Å². The molecule has 1 atom stereocenters. The summed E-state index contributed by atoms with van der Waals surface area (Å²) in [5.74, 6) is -0.155. The minimum absolute atomic E-state index is 0.155. The van der Waals surface area contributed by atoms with Crippen LogP contribution in [-0.2, 0) is 11.3 Å². The number of nitrogens with zero attached hydrogens (tertiary/aromatic N) is 5. The zero-order chi connectivity index (χ0) is 25.1. The first-order valence-electron chi connectivity index (χ1n) is 11.5. The van der Waals surface area contributed by atoms with Gasteiger partial charge >= 0.3 is 0 Å². The lowest BCUT2D eigenvalue weighted by Gasteiger charge is -2.17. The van der Waals surface area contributed by atoms with Gasteiger partial charge in [-0.25, -0.2) is 4.98 Å². The van der Waals surface area contributed by atoms with Crippen molar-refractivity contribution in [3.05, 3.63) is 77.7 Å². The highest BCUT2D eigenvalue weighted by Gasteiger charge is 2.23. The minimum atomic E-state index is -0.396. The number of para-hydroxylation sites is 1. The number of fused-ring (bicyclic) bond motifs is 3. The number of aryl methyl sites for hydroxylation is 1. The Kier molecular flexibility index (Phi) is 7.06. The Bertz CT molecular complexity index is 1510. The van der Waals surface area contributed by atoms with E-state index in [1.807, 2.05) is 54.8 Å². The Labute approximate surface area is 217 Å². The lowest BCUT2D eigenvalue weighted by atomic mass is 10.1. The van der Waals surface area contributed by atoms with Crippen molar-refractivity contribution in [3.8, 4) is 0 Å². The summed E-state index contributed by atoms with van der Waals surface area (Å²) in [6, 6.07) is 16.2. The largest absolute Gasteiger partial charge is 0.320 e.